The molecule has 0 amide bonds. The van der Waals surface area contributed by atoms with Crippen LogP contribution in [0.3, 0.4) is 0 Å². The van der Waals surface area contributed by atoms with Gasteiger partial charge in [0.05, 0.1) is 31.6 Å². The van der Waals surface area contributed by atoms with Crippen LogP contribution in [0.15, 0.2) is 24.3 Å². The van der Waals surface area contributed by atoms with E-state index in [1.165, 1.54) is 0 Å². The monoisotopic (exact) mass is 541 g/mol. The SMILES string of the molecule is CCCCOc1cc(C)c(-c2cc(CN(C)CC(=O)OC(C)(C)C)nc(CN(C)CC(C)(C)C)c2)c(OC)c1. The molecule has 0 aliphatic carbocycles. The van der Waals surface area contributed by atoms with Gasteiger partial charge in [0.15, 0.2) is 0 Å². The lowest BCUT2D eigenvalue weighted by atomic mass is 9.96. The fourth-order valence-electron chi connectivity index (χ4n) is 4.70. The average molecular weight is 542 g/mol. The van der Waals surface area contributed by atoms with Gasteiger partial charge in [-0.3, -0.25) is 14.7 Å². The van der Waals surface area contributed by atoms with Crippen molar-refractivity contribution < 1.29 is 19.0 Å². The highest BCUT2D eigenvalue weighted by Crippen LogP contribution is 2.37. The molecule has 0 N–H and O–H groups in total. The summed E-state index contributed by atoms with van der Waals surface area (Å²) in [7, 11) is 5.74. The number of methoxy groups -OCH3 is 1. The number of aromatic nitrogens is 1. The molecule has 0 saturated heterocycles. The molecule has 0 bridgehead atoms. The molecule has 0 radical (unpaired) electrons. The fraction of sp³-hybridized carbons (Fsp3) is 0.625. The Bertz CT molecular complexity index is 1090. The van der Waals surface area contributed by atoms with Crippen LogP contribution in [0.5, 0.6) is 11.5 Å². The van der Waals surface area contributed by atoms with E-state index in [1.807, 2.05) is 38.8 Å². The molecule has 1 aromatic heterocycles. The molecule has 0 aliphatic heterocycles. The van der Waals surface area contributed by atoms with Crippen molar-refractivity contribution in [1.82, 2.24) is 14.8 Å². The van der Waals surface area contributed by atoms with E-state index in [1.54, 1.807) is 7.11 Å². The van der Waals surface area contributed by atoms with E-state index in [4.69, 9.17) is 19.2 Å². The summed E-state index contributed by atoms with van der Waals surface area (Å²) in [5.41, 5.74) is 4.68. The van der Waals surface area contributed by atoms with Crippen LogP contribution in [-0.4, -0.2) is 67.3 Å². The number of nitrogens with zero attached hydrogens (tertiary/aromatic N) is 3. The number of benzene rings is 1. The van der Waals surface area contributed by atoms with Crippen LogP contribution in [0.1, 0.15) is 78.3 Å². The Labute approximate surface area is 236 Å². The van der Waals surface area contributed by atoms with Crippen LogP contribution < -0.4 is 9.47 Å². The number of hydrogen-bond donors (Lipinski definition) is 0. The van der Waals surface area contributed by atoms with Gasteiger partial charge in [-0.2, -0.15) is 0 Å². The van der Waals surface area contributed by atoms with Gasteiger partial charge >= 0.3 is 5.97 Å². The Kier molecular flexibility index (Phi) is 11.8. The number of aryl methyl sites for hydroxylation is 1. The molecule has 39 heavy (non-hydrogen) atoms. The van der Waals surface area contributed by atoms with E-state index in [-0.39, 0.29) is 17.9 Å². The maximum atomic E-state index is 12.4. The molecule has 1 heterocycles. The van der Waals surface area contributed by atoms with Crippen molar-refractivity contribution in [3.8, 4) is 22.6 Å². The first-order chi connectivity index (χ1) is 18.1. The minimum atomic E-state index is -0.513. The van der Waals surface area contributed by atoms with Crippen LogP contribution in [0, 0.1) is 12.3 Å². The standard InChI is InChI=1S/C32H51N3O4/c1-12-13-14-38-27-15-23(2)30(28(18-27)37-11)24-16-25(19-34(9)21-29(36)39-32(6,7)8)33-26(17-24)20-35(10)22-31(3,4)5/h15-18H,12-14,19-22H2,1-11H3. The van der Waals surface area contributed by atoms with Gasteiger partial charge in [-0.05, 0) is 83.0 Å². The Morgan fingerprint density at radius 2 is 1.56 bits per heavy atom. The third kappa shape index (κ3) is 11.6. The first kappa shape index (κ1) is 32.6. The summed E-state index contributed by atoms with van der Waals surface area (Å²) >= 11 is 0. The Morgan fingerprint density at radius 1 is 0.949 bits per heavy atom. The highest BCUT2D eigenvalue weighted by Gasteiger charge is 2.20. The maximum Gasteiger partial charge on any atom is 0.320 e. The first-order valence-corrected chi connectivity index (χ1v) is 14.0. The smallest absolute Gasteiger partial charge is 0.320 e. The van der Waals surface area contributed by atoms with Crippen LogP contribution in [0.2, 0.25) is 0 Å². The van der Waals surface area contributed by atoms with E-state index >= 15 is 0 Å². The molecule has 0 atom stereocenters. The van der Waals surface area contributed by atoms with E-state index in [2.05, 4.69) is 64.8 Å². The topological polar surface area (TPSA) is 64.1 Å². The largest absolute Gasteiger partial charge is 0.496 e. The molecule has 7 nitrogen and oxygen atoms in total. The molecule has 218 valence electrons. The highest BCUT2D eigenvalue weighted by molar-refractivity contribution is 5.76. The number of rotatable bonds is 13. The zero-order chi connectivity index (χ0) is 29.4. The van der Waals surface area contributed by atoms with Gasteiger partial charge in [0.1, 0.15) is 17.1 Å². The zero-order valence-corrected chi connectivity index (χ0v) is 26.2. The van der Waals surface area contributed by atoms with Gasteiger partial charge in [0.25, 0.3) is 0 Å². The number of esters is 1. The van der Waals surface area contributed by atoms with E-state index < -0.39 is 5.60 Å². The van der Waals surface area contributed by atoms with Crippen molar-refractivity contribution in [2.75, 3.05) is 40.9 Å². The highest BCUT2D eigenvalue weighted by atomic mass is 16.6. The summed E-state index contributed by atoms with van der Waals surface area (Å²) in [6.07, 6.45) is 2.10. The molecule has 0 aliphatic rings. The third-order valence-corrected chi connectivity index (χ3v) is 5.91. The number of ether oxygens (including phenoxy) is 3. The molecular formula is C32H51N3O4. The number of unbranched alkanes of at least 4 members (excludes halogenated alkanes) is 1. The normalized spacial score (nSPS) is 12.2. The van der Waals surface area contributed by atoms with Gasteiger partial charge in [-0.15, -0.1) is 0 Å². The number of pyridine rings is 1. The van der Waals surface area contributed by atoms with Crippen LogP contribution in [0.25, 0.3) is 11.1 Å². The minimum absolute atomic E-state index is 0.177. The van der Waals surface area contributed by atoms with Gasteiger partial charge in [0, 0.05) is 31.3 Å². The predicted molar refractivity (Wildman–Crippen MR) is 159 cm³/mol. The van der Waals surface area contributed by atoms with Crippen LogP contribution in [0.4, 0.5) is 0 Å². The van der Waals surface area contributed by atoms with Gasteiger partial charge in [-0.1, -0.05) is 34.1 Å². The maximum absolute atomic E-state index is 12.4. The second-order valence-corrected chi connectivity index (χ2v) is 12.8. The van der Waals surface area contributed by atoms with Gasteiger partial charge < -0.3 is 19.1 Å². The predicted octanol–water partition coefficient (Wildman–Crippen LogP) is 6.50. The molecule has 7 heteroatoms. The Balaban J connectivity index is 2.44. The molecule has 2 aromatic rings. The van der Waals surface area contributed by atoms with Gasteiger partial charge in [-0.25, -0.2) is 0 Å². The van der Waals surface area contributed by atoms with E-state index in [9.17, 15) is 4.79 Å². The van der Waals surface area contributed by atoms with Crippen molar-refractivity contribution in [3.63, 3.8) is 0 Å². The number of hydrogen-bond acceptors (Lipinski definition) is 7. The molecule has 0 unspecified atom stereocenters. The van der Waals surface area contributed by atoms with Crippen molar-refractivity contribution in [1.29, 1.82) is 0 Å². The number of carbonyl (C=O) groups excluding carboxylic acids is 1. The number of carbonyl (C=O) groups is 1. The van der Waals surface area contributed by atoms with Crippen LogP contribution >= 0.6 is 0 Å². The summed E-state index contributed by atoms with van der Waals surface area (Å²) in [5, 5.41) is 0. The first-order valence-electron chi connectivity index (χ1n) is 14.0. The molecule has 1 aromatic carbocycles. The van der Waals surface area contributed by atoms with Crippen molar-refractivity contribution in [3.05, 3.63) is 41.2 Å². The Morgan fingerprint density at radius 3 is 2.10 bits per heavy atom. The zero-order valence-electron chi connectivity index (χ0n) is 26.2. The van der Waals surface area contributed by atoms with E-state index in [0.29, 0.717) is 19.7 Å². The van der Waals surface area contributed by atoms with Crippen LogP contribution in [-0.2, 0) is 22.6 Å². The Hall–Kier alpha value is -2.64. The molecular weight excluding hydrogens is 490 g/mol. The van der Waals surface area contributed by atoms with Crippen molar-refractivity contribution in [2.45, 2.75) is 86.9 Å². The van der Waals surface area contributed by atoms with Gasteiger partial charge in [0.2, 0.25) is 0 Å². The lowest BCUT2D eigenvalue weighted by molar-refractivity contribution is -0.155. The second kappa shape index (κ2) is 14.1. The molecule has 0 saturated carbocycles. The third-order valence-electron chi connectivity index (χ3n) is 5.91. The molecule has 0 fully saturated rings. The fourth-order valence-corrected chi connectivity index (χ4v) is 4.70. The summed E-state index contributed by atoms with van der Waals surface area (Å²) in [6.45, 7) is 19.7. The minimum Gasteiger partial charge on any atom is -0.496 e. The second-order valence-electron chi connectivity index (χ2n) is 12.8. The lowest BCUT2D eigenvalue weighted by Gasteiger charge is -2.27. The number of likely N-dealkylation sites (N-methyl/N-ethyl adjacent to an activating group) is 1. The average Bonchev–Trinajstić information content (AvgIpc) is 2.75. The lowest BCUT2D eigenvalue weighted by Crippen LogP contribution is -2.32. The summed E-state index contributed by atoms with van der Waals surface area (Å²) in [5.74, 6) is 1.34. The van der Waals surface area contributed by atoms with Crippen molar-refractivity contribution in [2.24, 2.45) is 5.41 Å². The molecule has 0 spiro atoms. The molecule has 2 rings (SSSR count). The van der Waals surface area contributed by atoms with Crippen molar-refractivity contribution >= 4 is 5.97 Å². The summed E-state index contributed by atoms with van der Waals surface area (Å²) in [6, 6.07) is 8.30. The summed E-state index contributed by atoms with van der Waals surface area (Å²) < 4.78 is 17.4. The summed E-state index contributed by atoms with van der Waals surface area (Å²) in [4.78, 5) is 21.7. The van der Waals surface area contributed by atoms with E-state index in [0.717, 1.165) is 59.0 Å². The quantitative estimate of drug-likeness (QED) is 0.212.